The molecule has 0 aliphatic carbocycles. The van der Waals surface area contributed by atoms with E-state index in [4.69, 9.17) is 16.3 Å². The molecule has 4 rings (SSSR count). The Morgan fingerprint density at radius 1 is 1.28 bits per heavy atom. The molecule has 2 aromatic carbocycles. The highest BCUT2D eigenvalue weighted by Gasteiger charge is 2.34. The van der Waals surface area contributed by atoms with E-state index in [1.807, 2.05) is 0 Å². The summed E-state index contributed by atoms with van der Waals surface area (Å²) >= 11 is 6.44. The number of phenols is 1. The van der Waals surface area contributed by atoms with Crippen molar-refractivity contribution in [2.75, 3.05) is 26.2 Å². The van der Waals surface area contributed by atoms with Crippen LogP contribution in [0.1, 0.15) is 5.56 Å². The molecule has 2 heterocycles. The lowest BCUT2D eigenvalue weighted by molar-refractivity contribution is -0.129. The number of ether oxygens (including phenoxy) is 1. The third-order valence-electron chi connectivity index (χ3n) is 5.38. The number of amides is 1. The fraction of sp³-hybridized carbons (Fsp3) is 0.286. The zero-order chi connectivity index (χ0) is 20.7. The second kappa shape index (κ2) is 7.65. The summed E-state index contributed by atoms with van der Waals surface area (Å²) in [6, 6.07) is 4.90. The molecule has 0 unspecified atom stereocenters. The van der Waals surface area contributed by atoms with E-state index in [-0.39, 0.29) is 40.5 Å². The van der Waals surface area contributed by atoms with E-state index in [2.05, 4.69) is 11.5 Å². The standard InChI is InChI=1S/C21H19ClF2N2O3/c1-2-17(28)26-7-6-25-9-12-8-15(24)19(18-14(23)4-3-5-16(18)27)20(22)21(12)29-11-13(25)10-26/h2-5,8,13,27H,1,6-7,9-11H2/t13-/m1/s1. The van der Waals surface area contributed by atoms with Gasteiger partial charge in [-0.05, 0) is 24.3 Å². The second-order valence-electron chi connectivity index (χ2n) is 7.09. The Morgan fingerprint density at radius 3 is 2.79 bits per heavy atom. The van der Waals surface area contributed by atoms with Gasteiger partial charge in [-0.15, -0.1) is 0 Å². The van der Waals surface area contributed by atoms with Gasteiger partial charge in [0.2, 0.25) is 5.91 Å². The van der Waals surface area contributed by atoms with E-state index in [9.17, 15) is 18.7 Å². The number of carbonyl (C=O) groups excluding carboxylic acids is 1. The normalized spacial score (nSPS) is 19.0. The van der Waals surface area contributed by atoms with Crippen molar-refractivity contribution >= 4 is 17.5 Å². The molecule has 1 fully saturated rings. The molecule has 29 heavy (non-hydrogen) atoms. The van der Waals surface area contributed by atoms with Gasteiger partial charge in [-0.2, -0.15) is 0 Å². The lowest BCUT2D eigenvalue weighted by Crippen LogP contribution is -2.55. The Bertz CT molecular complexity index is 978. The first-order chi connectivity index (χ1) is 13.9. The molecule has 0 radical (unpaired) electrons. The lowest BCUT2D eigenvalue weighted by atomic mass is 10.00. The smallest absolute Gasteiger partial charge is 0.246 e. The SMILES string of the molecule is C=CC(=O)N1CCN2Cc3cc(F)c(-c4c(O)cccc4F)c(Cl)c3OC[C@H]2C1. The summed E-state index contributed by atoms with van der Waals surface area (Å²) in [4.78, 5) is 15.7. The summed E-state index contributed by atoms with van der Waals surface area (Å²) in [7, 11) is 0. The Labute approximate surface area is 171 Å². The molecule has 5 nitrogen and oxygen atoms in total. The minimum absolute atomic E-state index is 0.0840. The third kappa shape index (κ3) is 3.45. The Morgan fingerprint density at radius 2 is 2.07 bits per heavy atom. The maximum Gasteiger partial charge on any atom is 0.246 e. The molecule has 152 valence electrons. The van der Waals surface area contributed by atoms with Crippen molar-refractivity contribution in [1.29, 1.82) is 0 Å². The van der Waals surface area contributed by atoms with Gasteiger partial charge in [0.05, 0.1) is 16.6 Å². The molecular weight excluding hydrogens is 402 g/mol. The van der Waals surface area contributed by atoms with Crippen LogP contribution >= 0.6 is 11.6 Å². The van der Waals surface area contributed by atoms with Crippen LogP contribution in [0, 0.1) is 11.6 Å². The second-order valence-corrected chi connectivity index (χ2v) is 7.47. The first-order valence-electron chi connectivity index (χ1n) is 9.17. The molecule has 0 bridgehead atoms. The predicted octanol–water partition coefficient (Wildman–Crippen LogP) is 3.58. The average molecular weight is 421 g/mol. The highest BCUT2D eigenvalue weighted by Crippen LogP contribution is 2.45. The van der Waals surface area contributed by atoms with Gasteiger partial charge in [0.25, 0.3) is 0 Å². The number of aromatic hydroxyl groups is 1. The number of piperazine rings is 1. The Balaban J connectivity index is 1.71. The van der Waals surface area contributed by atoms with E-state index < -0.39 is 17.4 Å². The Kier molecular flexibility index (Phi) is 5.19. The van der Waals surface area contributed by atoms with Gasteiger partial charge in [-0.25, -0.2) is 8.78 Å². The summed E-state index contributed by atoms with van der Waals surface area (Å²) in [5.74, 6) is -1.81. The minimum atomic E-state index is -0.782. The largest absolute Gasteiger partial charge is 0.507 e. The fourth-order valence-electron chi connectivity index (χ4n) is 3.90. The quantitative estimate of drug-likeness (QED) is 0.754. The number of benzene rings is 2. The monoisotopic (exact) mass is 420 g/mol. The molecule has 2 aliphatic rings. The number of carbonyl (C=O) groups is 1. The average Bonchev–Trinajstić information content (AvgIpc) is 2.88. The first-order valence-corrected chi connectivity index (χ1v) is 9.55. The van der Waals surface area contributed by atoms with Crippen molar-refractivity contribution in [1.82, 2.24) is 9.80 Å². The summed E-state index contributed by atoms with van der Waals surface area (Å²) in [6.07, 6.45) is 1.28. The Hall–Kier alpha value is -2.64. The molecule has 2 aliphatic heterocycles. The van der Waals surface area contributed by atoms with E-state index in [1.54, 1.807) is 4.90 Å². The van der Waals surface area contributed by atoms with Crippen molar-refractivity contribution in [3.05, 3.63) is 59.1 Å². The topological polar surface area (TPSA) is 53.0 Å². The molecule has 1 amide bonds. The van der Waals surface area contributed by atoms with E-state index >= 15 is 0 Å². The van der Waals surface area contributed by atoms with Gasteiger partial charge >= 0.3 is 0 Å². The van der Waals surface area contributed by atoms with Crippen LogP contribution in [-0.2, 0) is 11.3 Å². The van der Waals surface area contributed by atoms with E-state index in [1.165, 1.54) is 24.3 Å². The number of hydrogen-bond donors (Lipinski definition) is 1. The molecule has 1 saturated heterocycles. The van der Waals surface area contributed by atoms with Crippen LogP contribution in [0.15, 0.2) is 36.9 Å². The first kappa shape index (κ1) is 19.7. The molecule has 8 heteroatoms. The maximum atomic E-state index is 15.0. The zero-order valence-electron chi connectivity index (χ0n) is 15.5. The van der Waals surface area contributed by atoms with Gasteiger partial charge in [-0.3, -0.25) is 9.69 Å². The van der Waals surface area contributed by atoms with Gasteiger partial charge in [0.15, 0.2) is 0 Å². The van der Waals surface area contributed by atoms with E-state index in [0.29, 0.717) is 31.7 Å². The fourth-order valence-corrected chi connectivity index (χ4v) is 4.26. The van der Waals surface area contributed by atoms with Crippen LogP contribution in [0.2, 0.25) is 5.02 Å². The predicted molar refractivity (Wildman–Crippen MR) is 105 cm³/mol. The molecule has 0 spiro atoms. The number of halogens is 3. The van der Waals surface area contributed by atoms with Crippen molar-refractivity contribution in [3.63, 3.8) is 0 Å². The highest BCUT2D eigenvalue weighted by atomic mass is 35.5. The van der Waals surface area contributed by atoms with Crippen LogP contribution < -0.4 is 4.74 Å². The number of phenolic OH excluding ortho intramolecular Hbond substituents is 1. The number of nitrogens with zero attached hydrogens (tertiary/aromatic N) is 2. The molecule has 1 N–H and O–H groups in total. The molecule has 1 atom stereocenters. The van der Waals surface area contributed by atoms with Gasteiger partial charge in [0, 0.05) is 37.3 Å². The summed E-state index contributed by atoms with van der Waals surface area (Å²) < 4.78 is 35.2. The van der Waals surface area contributed by atoms with Crippen LogP contribution in [0.25, 0.3) is 11.1 Å². The third-order valence-corrected chi connectivity index (χ3v) is 5.74. The summed E-state index contributed by atoms with van der Waals surface area (Å²) in [6.45, 7) is 5.74. The van der Waals surface area contributed by atoms with E-state index in [0.717, 1.165) is 6.07 Å². The lowest BCUT2D eigenvalue weighted by Gasteiger charge is -2.39. The highest BCUT2D eigenvalue weighted by molar-refractivity contribution is 6.35. The van der Waals surface area contributed by atoms with Crippen LogP contribution in [0.3, 0.4) is 0 Å². The van der Waals surface area contributed by atoms with Gasteiger partial charge in [-0.1, -0.05) is 24.2 Å². The summed E-state index contributed by atoms with van der Waals surface area (Å²) in [5.41, 5.74) is 0.00792. The van der Waals surface area contributed by atoms with Crippen LogP contribution in [0.4, 0.5) is 8.78 Å². The summed E-state index contributed by atoms with van der Waals surface area (Å²) in [5, 5.41) is 9.98. The molecule has 0 aromatic heterocycles. The maximum absolute atomic E-state index is 15.0. The van der Waals surface area contributed by atoms with Gasteiger partial charge < -0.3 is 14.7 Å². The molecule has 2 aromatic rings. The van der Waals surface area contributed by atoms with Crippen LogP contribution in [0.5, 0.6) is 11.5 Å². The van der Waals surface area contributed by atoms with Gasteiger partial charge in [0.1, 0.15) is 29.7 Å². The number of rotatable bonds is 2. The van der Waals surface area contributed by atoms with Crippen molar-refractivity contribution in [2.24, 2.45) is 0 Å². The van der Waals surface area contributed by atoms with Crippen molar-refractivity contribution < 1.29 is 23.4 Å². The number of hydrogen-bond acceptors (Lipinski definition) is 4. The van der Waals surface area contributed by atoms with Crippen LogP contribution in [-0.4, -0.2) is 53.1 Å². The van der Waals surface area contributed by atoms with Crippen molar-refractivity contribution in [2.45, 2.75) is 12.6 Å². The molecular formula is C21H19ClF2N2O3. The molecule has 0 saturated carbocycles. The zero-order valence-corrected chi connectivity index (χ0v) is 16.3. The minimum Gasteiger partial charge on any atom is -0.507 e. The van der Waals surface area contributed by atoms with Crippen molar-refractivity contribution in [3.8, 4) is 22.6 Å². The number of fused-ring (bicyclic) bond motifs is 2.